The first-order valence-corrected chi connectivity index (χ1v) is 10.1. The maximum Gasteiger partial charge on any atom is 0.225 e. The monoisotopic (exact) mass is 376 g/mol. The highest BCUT2D eigenvalue weighted by molar-refractivity contribution is 7.90. The van der Waals surface area contributed by atoms with E-state index in [1.54, 1.807) is 20.0 Å². The fourth-order valence-electron chi connectivity index (χ4n) is 2.15. The van der Waals surface area contributed by atoms with E-state index in [0.717, 1.165) is 11.3 Å². The Bertz CT molecular complexity index is 806. The predicted molar refractivity (Wildman–Crippen MR) is 102 cm³/mol. The summed E-state index contributed by atoms with van der Waals surface area (Å²) in [5.74, 6) is 0.230. The zero-order chi connectivity index (χ0) is 19.0. The van der Waals surface area contributed by atoms with Gasteiger partial charge in [0.1, 0.15) is 0 Å². The number of amides is 1. The van der Waals surface area contributed by atoms with Crippen LogP contribution >= 0.6 is 0 Å². The van der Waals surface area contributed by atoms with Gasteiger partial charge in [0.15, 0.2) is 5.82 Å². The molecule has 0 spiro atoms. The fraction of sp³-hybridized carbons (Fsp3) is 0.389. The molecule has 7 nitrogen and oxygen atoms in total. The quantitative estimate of drug-likeness (QED) is 0.655. The topological polar surface area (TPSA) is 101 Å². The van der Waals surface area contributed by atoms with Crippen molar-refractivity contribution in [1.29, 1.82) is 0 Å². The normalized spacial score (nSPS) is 11.5. The molecule has 0 aliphatic rings. The van der Waals surface area contributed by atoms with Gasteiger partial charge >= 0.3 is 0 Å². The standard InChI is InChI=1S/C18H24N4O3S/c1-14(2)26(24,25)21-11-7-6-10-18(23)22-17-13-19-16(12-20-17)15-8-4-3-5-9-15/h3-5,8-9,12-14,21H,6-7,10-11H2,1-2H3,(H,20,22,23). The highest BCUT2D eigenvalue weighted by atomic mass is 32.2. The maximum atomic E-state index is 11.9. The molecule has 2 N–H and O–H groups in total. The SMILES string of the molecule is CC(C)S(=O)(=O)NCCCCC(=O)Nc1cnc(-c2ccccc2)cn1. The Balaban J connectivity index is 1.73. The van der Waals surface area contributed by atoms with E-state index < -0.39 is 15.3 Å². The molecule has 0 aliphatic carbocycles. The van der Waals surface area contributed by atoms with Gasteiger partial charge in [-0.05, 0) is 26.7 Å². The number of nitrogens with zero attached hydrogens (tertiary/aromatic N) is 2. The number of hydrogen-bond acceptors (Lipinski definition) is 5. The van der Waals surface area contributed by atoms with E-state index in [0.29, 0.717) is 31.6 Å². The van der Waals surface area contributed by atoms with Gasteiger partial charge in [-0.1, -0.05) is 30.3 Å². The summed E-state index contributed by atoms with van der Waals surface area (Å²) >= 11 is 0. The first-order chi connectivity index (χ1) is 12.4. The van der Waals surface area contributed by atoms with Crippen molar-refractivity contribution in [2.45, 2.75) is 38.4 Å². The van der Waals surface area contributed by atoms with E-state index in [-0.39, 0.29) is 5.91 Å². The van der Waals surface area contributed by atoms with E-state index in [2.05, 4.69) is 20.0 Å². The second-order valence-electron chi connectivity index (χ2n) is 6.15. The van der Waals surface area contributed by atoms with Crippen LogP contribution in [0.5, 0.6) is 0 Å². The Morgan fingerprint density at radius 2 is 1.81 bits per heavy atom. The molecule has 0 radical (unpaired) electrons. The lowest BCUT2D eigenvalue weighted by atomic mass is 10.2. The molecular formula is C18H24N4O3S. The van der Waals surface area contributed by atoms with E-state index >= 15 is 0 Å². The molecule has 1 heterocycles. The van der Waals surface area contributed by atoms with Gasteiger partial charge in [-0.25, -0.2) is 18.1 Å². The molecule has 1 amide bonds. The van der Waals surface area contributed by atoms with Crippen LogP contribution in [0.25, 0.3) is 11.3 Å². The molecule has 1 aromatic heterocycles. The minimum atomic E-state index is -3.24. The van der Waals surface area contributed by atoms with Crippen molar-refractivity contribution in [2.75, 3.05) is 11.9 Å². The molecule has 0 saturated carbocycles. The molecule has 1 aromatic carbocycles. The van der Waals surface area contributed by atoms with Crippen LogP contribution in [-0.4, -0.2) is 36.1 Å². The van der Waals surface area contributed by atoms with Crippen molar-refractivity contribution in [2.24, 2.45) is 0 Å². The average molecular weight is 376 g/mol. The summed E-state index contributed by atoms with van der Waals surface area (Å²) in [6.07, 6.45) is 4.62. The molecule has 0 atom stereocenters. The number of unbranched alkanes of at least 4 members (excludes halogenated alkanes) is 1. The summed E-state index contributed by atoms with van der Waals surface area (Å²) in [5.41, 5.74) is 1.70. The zero-order valence-corrected chi connectivity index (χ0v) is 15.8. The van der Waals surface area contributed by atoms with Crippen LogP contribution in [0, 0.1) is 0 Å². The van der Waals surface area contributed by atoms with Crippen LogP contribution < -0.4 is 10.0 Å². The van der Waals surface area contributed by atoms with Crippen molar-refractivity contribution in [1.82, 2.24) is 14.7 Å². The molecular weight excluding hydrogens is 352 g/mol. The van der Waals surface area contributed by atoms with Gasteiger partial charge in [-0.3, -0.25) is 9.78 Å². The van der Waals surface area contributed by atoms with Crippen molar-refractivity contribution in [3.8, 4) is 11.3 Å². The van der Waals surface area contributed by atoms with Crippen molar-refractivity contribution in [3.05, 3.63) is 42.7 Å². The molecule has 0 aliphatic heterocycles. The lowest BCUT2D eigenvalue weighted by molar-refractivity contribution is -0.116. The van der Waals surface area contributed by atoms with Crippen molar-refractivity contribution in [3.63, 3.8) is 0 Å². The van der Waals surface area contributed by atoms with Gasteiger partial charge in [0.2, 0.25) is 15.9 Å². The van der Waals surface area contributed by atoms with E-state index in [4.69, 9.17) is 0 Å². The Hall–Kier alpha value is -2.32. The third kappa shape index (κ3) is 6.20. The van der Waals surface area contributed by atoms with Gasteiger partial charge in [-0.15, -0.1) is 0 Å². The number of carbonyl (C=O) groups excluding carboxylic acids is 1. The Labute approximate surface area is 154 Å². The molecule has 0 fully saturated rings. The third-order valence-electron chi connectivity index (χ3n) is 3.74. The molecule has 26 heavy (non-hydrogen) atoms. The van der Waals surface area contributed by atoms with Crippen LogP contribution in [0.2, 0.25) is 0 Å². The summed E-state index contributed by atoms with van der Waals surface area (Å²) in [5, 5.41) is 2.24. The number of nitrogens with one attached hydrogen (secondary N) is 2. The summed E-state index contributed by atoms with van der Waals surface area (Å²) in [6, 6.07) is 9.66. The first kappa shape index (κ1) is 20.0. The van der Waals surface area contributed by atoms with E-state index in [9.17, 15) is 13.2 Å². The summed E-state index contributed by atoms with van der Waals surface area (Å²) in [4.78, 5) is 20.4. The molecule has 8 heteroatoms. The molecule has 0 unspecified atom stereocenters. The van der Waals surface area contributed by atoms with Crippen LogP contribution in [0.15, 0.2) is 42.7 Å². The van der Waals surface area contributed by atoms with E-state index in [1.165, 1.54) is 6.20 Å². The maximum absolute atomic E-state index is 11.9. The van der Waals surface area contributed by atoms with Gasteiger partial charge < -0.3 is 5.32 Å². The highest BCUT2D eigenvalue weighted by Gasteiger charge is 2.14. The van der Waals surface area contributed by atoms with Crippen LogP contribution in [0.4, 0.5) is 5.82 Å². The Morgan fingerprint density at radius 3 is 2.42 bits per heavy atom. The van der Waals surface area contributed by atoms with Gasteiger partial charge in [0, 0.05) is 18.5 Å². The minimum absolute atomic E-state index is 0.168. The van der Waals surface area contributed by atoms with E-state index in [1.807, 2.05) is 30.3 Å². The molecule has 2 rings (SSSR count). The minimum Gasteiger partial charge on any atom is -0.309 e. The summed E-state index contributed by atoms with van der Waals surface area (Å²) in [6.45, 7) is 3.58. The van der Waals surface area contributed by atoms with Crippen LogP contribution in [-0.2, 0) is 14.8 Å². The fourth-order valence-corrected chi connectivity index (χ4v) is 2.91. The molecule has 0 bridgehead atoms. The largest absolute Gasteiger partial charge is 0.309 e. The number of hydrogen-bond donors (Lipinski definition) is 2. The number of sulfonamides is 1. The third-order valence-corrected chi connectivity index (χ3v) is 5.59. The lowest BCUT2D eigenvalue weighted by Gasteiger charge is -2.09. The zero-order valence-electron chi connectivity index (χ0n) is 15.0. The molecule has 2 aromatic rings. The highest BCUT2D eigenvalue weighted by Crippen LogP contribution is 2.15. The van der Waals surface area contributed by atoms with Crippen LogP contribution in [0.1, 0.15) is 33.1 Å². The van der Waals surface area contributed by atoms with Gasteiger partial charge in [0.05, 0.1) is 23.3 Å². The number of rotatable bonds is 9. The van der Waals surface area contributed by atoms with Gasteiger partial charge in [-0.2, -0.15) is 0 Å². The van der Waals surface area contributed by atoms with Crippen molar-refractivity contribution < 1.29 is 13.2 Å². The van der Waals surface area contributed by atoms with Crippen molar-refractivity contribution >= 4 is 21.7 Å². The number of anilines is 1. The Morgan fingerprint density at radius 1 is 1.08 bits per heavy atom. The number of benzene rings is 1. The van der Waals surface area contributed by atoms with Crippen LogP contribution in [0.3, 0.4) is 0 Å². The summed E-state index contributed by atoms with van der Waals surface area (Å²) in [7, 11) is -3.24. The molecule has 140 valence electrons. The number of carbonyl (C=O) groups is 1. The second-order valence-corrected chi connectivity index (χ2v) is 8.47. The smallest absolute Gasteiger partial charge is 0.225 e. The van der Waals surface area contributed by atoms with Gasteiger partial charge in [0.25, 0.3) is 0 Å². The molecule has 0 saturated heterocycles. The number of aromatic nitrogens is 2. The summed E-state index contributed by atoms with van der Waals surface area (Å²) < 4.78 is 25.7. The second kappa shape index (κ2) is 9.40. The predicted octanol–water partition coefficient (Wildman–Crippen LogP) is 2.58. The Kier molecular flexibility index (Phi) is 7.23. The lowest BCUT2D eigenvalue weighted by Crippen LogP contribution is -2.31. The first-order valence-electron chi connectivity index (χ1n) is 8.54. The average Bonchev–Trinajstić information content (AvgIpc) is 2.62.